The van der Waals surface area contributed by atoms with Crippen molar-refractivity contribution in [3.8, 4) is 11.5 Å². The van der Waals surface area contributed by atoms with Crippen LogP contribution in [0, 0.1) is 0 Å². The maximum atomic E-state index is 12.6. The number of ketones is 1. The first-order valence-corrected chi connectivity index (χ1v) is 12.6. The van der Waals surface area contributed by atoms with Crippen LogP contribution in [0.3, 0.4) is 0 Å². The third kappa shape index (κ3) is 8.78. The van der Waals surface area contributed by atoms with Crippen LogP contribution in [0.5, 0.6) is 11.5 Å². The Hall–Kier alpha value is -4.15. The average molecular weight is 493 g/mol. The van der Waals surface area contributed by atoms with Gasteiger partial charge in [0.15, 0.2) is 5.78 Å². The van der Waals surface area contributed by atoms with E-state index in [0.29, 0.717) is 50.8 Å². The van der Waals surface area contributed by atoms with Gasteiger partial charge >= 0.3 is 0 Å². The molecule has 0 bridgehead atoms. The van der Waals surface area contributed by atoms with E-state index in [1.54, 1.807) is 12.2 Å². The molecular weight excluding hydrogens is 460 g/mol. The summed E-state index contributed by atoms with van der Waals surface area (Å²) in [5, 5.41) is 0. The van der Waals surface area contributed by atoms with Gasteiger partial charge in [-0.1, -0.05) is 97.1 Å². The molecule has 4 nitrogen and oxygen atoms in total. The Morgan fingerprint density at radius 1 is 0.595 bits per heavy atom. The minimum Gasteiger partial charge on any atom is -0.488 e. The molecule has 4 heteroatoms. The van der Waals surface area contributed by atoms with Crippen molar-refractivity contribution < 1.29 is 19.0 Å². The smallest absolute Gasteiger partial charge is 0.155 e. The number of hydrogen-bond acceptors (Lipinski definition) is 4. The van der Waals surface area contributed by atoms with E-state index in [1.165, 1.54) is 0 Å². The van der Waals surface area contributed by atoms with Gasteiger partial charge in [0.2, 0.25) is 0 Å². The van der Waals surface area contributed by atoms with Gasteiger partial charge in [0.25, 0.3) is 0 Å². The zero-order valence-electron chi connectivity index (χ0n) is 20.9. The normalized spacial score (nSPS) is 10.9. The van der Waals surface area contributed by atoms with Crippen molar-refractivity contribution >= 4 is 11.9 Å². The summed E-state index contributed by atoms with van der Waals surface area (Å²) in [5.41, 5.74) is 4.02. The highest BCUT2D eigenvalue weighted by molar-refractivity contribution is 5.94. The van der Waals surface area contributed by atoms with E-state index in [-0.39, 0.29) is 5.78 Å². The van der Waals surface area contributed by atoms with Gasteiger partial charge in [0, 0.05) is 13.0 Å². The van der Waals surface area contributed by atoms with Gasteiger partial charge in [-0.3, -0.25) is 4.79 Å². The van der Waals surface area contributed by atoms with Crippen molar-refractivity contribution in [1.29, 1.82) is 0 Å². The highest BCUT2D eigenvalue weighted by Gasteiger charge is 2.10. The lowest BCUT2D eigenvalue weighted by molar-refractivity contribution is -0.114. The van der Waals surface area contributed by atoms with Gasteiger partial charge in [0.1, 0.15) is 24.7 Å². The lowest BCUT2D eigenvalue weighted by Crippen LogP contribution is -2.02. The van der Waals surface area contributed by atoms with Gasteiger partial charge < -0.3 is 14.2 Å². The first-order valence-electron chi connectivity index (χ1n) is 12.6. The van der Waals surface area contributed by atoms with Crippen LogP contribution in [0.4, 0.5) is 0 Å². The van der Waals surface area contributed by atoms with Crippen LogP contribution in [0.2, 0.25) is 0 Å². The molecule has 0 aliphatic heterocycles. The molecule has 0 amide bonds. The first-order chi connectivity index (χ1) is 18.3. The third-order valence-electron chi connectivity index (χ3n) is 5.76. The SMILES string of the molecule is O=C(/C=C/c1c(OCc2ccccc2)cccc1OCc1ccccc1)CCCOCc1ccccc1. The van der Waals surface area contributed by atoms with Crippen molar-refractivity contribution in [2.24, 2.45) is 0 Å². The third-order valence-corrected chi connectivity index (χ3v) is 5.76. The largest absolute Gasteiger partial charge is 0.488 e. The van der Waals surface area contributed by atoms with E-state index < -0.39 is 0 Å². The summed E-state index contributed by atoms with van der Waals surface area (Å²) in [7, 11) is 0. The molecule has 0 fully saturated rings. The quantitative estimate of drug-likeness (QED) is 0.136. The summed E-state index contributed by atoms with van der Waals surface area (Å²) in [6.45, 7) is 1.95. The second-order valence-corrected chi connectivity index (χ2v) is 8.66. The topological polar surface area (TPSA) is 44.8 Å². The highest BCUT2D eigenvalue weighted by atomic mass is 16.5. The van der Waals surface area contributed by atoms with E-state index in [9.17, 15) is 4.79 Å². The number of hydrogen-bond donors (Lipinski definition) is 0. The Kier molecular flexibility index (Phi) is 10.1. The van der Waals surface area contributed by atoms with Crippen molar-refractivity contribution in [2.45, 2.75) is 32.7 Å². The molecule has 0 aromatic heterocycles. The van der Waals surface area contributed by atoms with Crippen molar-refractivity contribution in [2.75, 3.05) is 6.61 Å². The van der Waals surface area contributed by atoms with Crippen LogP contribution in [-0.2, 0) is 29.4 Å². The molecule has 4 aromatic rings. The lowest BCUT2D eigenvalue weighted by atomic mass is 10.1. The summed E-state index contributed by atoms with van der Waals surface area (Å²) >= 11 is 0. The molecule has 0 saturated heterocycles. The van der Waals surface area contributed by atoms with E-state index in [0.717, 1.165) is 22.3 Å². The van der Waals surface area contributed by atoms with Crippen LogP contribution in [0.25, 0.3) is 6.08 Å². The average Bonchev–Trinajstić information content (AvgIpc) is 2.95. The molecule has 0 radical (unpaired) electrons. The molecule has 0 saturated carbocycles. The molecule has 0 spiro atoms. The van der Waals surface area contributed by atoms with E-state index in [1.807, 2.05) is 109 Å². The minimum absolute atomic E-state index is 0.0372. The number of allylic oxidation sites excluding steroid dienone is 1. The van der Waals surface area contributed by atoms with Crippen LogP contribution in [0.1, 0.15) is 35.1 Å². The minimum atomic E-state index is 0.0372. The molecule has 4 rings (SSSR count). The van der Waals surface area contributed by atoms with Gasteiger partial charge in [-0.2, -0.15) is 0 Å². The number of benzene rings is 4. The van der Waals surface area contributed by atoms with E-state index >= 15 is 0 Å². The molecule has 37 heavy (non-hydrogen) atoms. The van der Waals surface area contributed by atoms with Crippen LogP contribution >= 0.6 is 0 Å². The second-order valence-electron chi connectivity index (χ2n) is 8.66. The first kappa shape index (κ1) is 25.9. The summed E-state index contributed by atoms with van der Waals surface area (Å²) in [4.78, 5) is 12.6. The second kappa shape index (κ2) is 14.4. The zero-order valence-corrected chi connectivity index (χ0v) is 20.9. The highest BCUT2D eigenvalue weighted by Crippen LogP contribution is 2.31. The van der Waals surface area contributed by atoms with Gasteiger partial charge in [-0.05, 0) is 47.4 Å². The molecule has 0 atom stereocenters. The molecule has 0 N–H and O–H groups in total. The summed E-state index contributed by atoms with van der Waals surface area (Å²) in [5.74, 6) is 1.38. The molecular formula is C33H32O4. The Morgan fingerprint density at radius 2 is 1.08 bits per heavy atom. The number of carbonyl (C=O) groups excluding carboxylic acids is 1. The zero-order chi connectivity index (χ0) is 25.5. The van der Waals surface area contributed by atoms with Gasteiger partial charge in [-0.25, -0.2) is 0 Å². The molecule has 0 aliphatic carbocycles. The number of carbonyl (C=O) groups is 1. The van der Waals surface area contributed by atoms with E-state index in [2.05, 4.69) is 0 Å². The summed E-state index contributed by atoms with van der Waals surface area (Å²) in [6, 6.07) is 35.7. The fraction of sp³-hybridized carbons (Fsp3) is 0.182. The maximum absolute atomic E-state index is 12.6. The van der Waals surface area contributed by atoms with Gasteiger partial charge in [-0.15, -0.1) is 0 Å². The summed E-state index contributed by atoms with van der Waals surface area (Å²) in [6.07, 6.45) is 4.49. The fourth-order valence-corrected chi connectivity index (χ4v) is 3.78. The maximum Gasteiger partial charge on any atom is 0.155 e. The number of ether oxygens (including phenoxy) is 3. The van der Waals surface area contributed by atoms with Gasteiger partial charge in [0.05, 0.1) is 12.2 Å². The van der Waals surface area contributed by atoms with E-state index in [4.69, 9.17) is 14.2 Å². The molecule has 4 aromatic carbocycles. The molecule has 188 valence electrons. The molecule has 0 unspecified atom stereocenters. The van der Waals surface area contributed by atoms with Crippen LogP contribution in [-0.4, -0.2) is 12.4 Å². The number of rotatable bonds is 14. The van der Waals surface area contributed by atoms with Crippen LogP contribution in [0.15, 0.2) is 115 Å². The Balaban J connectivity index is 1.38. The van der Waals surface area contributed by atoms with Crippen molar-refractivity contribution in [3.63, 3.8) is 0 Å². The molecule has 0 heterocycles. The molecule has 0 aliphatic rings. The Bertz CT molecular complexity index is 1190. The van der Waals surface area contributed by atoms with Crippen LogP contribution < -0.4 is 9.47 Å². The van der Waals surface area contributed by atoms with Crippen molar-refractivity contribution in [3.05, 3.63) is 138 Å². The van der Waals surface area contributed by atoms with Crippen molar-refractivity contribution in [1.82, 2.24) is 0 Å². The standard InChI is InChI=1S/C33H32O4/c34-30(18-11-23-35-24-27-12-4-1-5-13-27)21-22-31-32(36-25-28-14-6-2-7-15-28)19-10-20-33(31)37-26-29-16-8-3-9-17-29/h1-10,12-17,19-22H,11,18,23-26H2/b22-21+. The Labute approximate surface area is 219 Å². The lowest BCUT2D eigenvalue weighted by Gasteiger charge is -2.14. The fourth-order valence-electron chi connectivity index (χ4n) is 3.78. The monoisotopic (exact) mass is 492 g/mol. The Morgan fingerprint density at radius 3 is 1.59 bits per heavy atom. The predicted octanol–water partition coefficient (Wildman–Crippen LogP) is 7.42. The summed E-state index contributed by atoms with van der Waals surface area (Å²) < 4.78 is 18.0. The predicted molar refractivity (Wildman–Crippen MR) is 147 cm³/mol.